The average molecular weight is 576 g/mol. The Morgan fingerprint density at radius 3 is 2.52 bits per heavy atom. The topological polar surface area (TPSA) is 91.0 Å². The molecule has 0 saturated carbocycles. The minimum Gasteiger partial charge on any atom is -0.487 e. The molecule has 0 atom stereocenters. The molecular formula is C23H13Br2FN2O5. The lowest BCUT2D eigenvalue weighted by molar-refractivity contribution is -0.384. The zero-order valence-corrected chi connectivity index (χ0v) is 19.8. The molecule has 1 aliphatic heterocycles. The second-order valence-electron chi connectivity index (χ2n) is 6.85. The lowest BCUT2D eigenvalue weighted by Gasteiger charge is -2.11. The first-order valence-electron chi connectivity index (χ1n) is 9.44. The average Bonchev–Trinajstić information content (AvgIpc) is 3.13. The summed E-state index contributed by atoms with van der Waals surface area (Å²) in [4.78, 5) is 26.8. The Balaban J connectivity index is 1.55. The van der Waals surface area contributed by atoms with E-state index in [4.69, 9.17) is 9.47 Å². The third-order valence-electron chi connectivity index (χ3n) is 4.55. The highest BCUT2D eigenvalue weighted by Gasteiger charge is 2.26. The van der Waals surface area contributed by atoms with Crippen molar-refractivity contribution in [2.75, 3.05) is 0 Å². The van der Waals surface area contributed by atoms with Gasteiger partial charge in [0.15, 0.2) is 5.70 Å². The van der Waals surface area contributed by atoms with Gasteiger partial charge in [0, 0.05) is 12.1 Å². The summed E-state index contributed by atoms with van der Waals surface area (Å²) >= 11 is 6.88. The molecule has 3 aromatic rings. The summed E-state index contributed by atoms with van der Waals surface area (Å²) in [5.74, 6) is -0.847. The number of hydrogen-bond acceptors (Lipinski definition) is 6. The molecule has 0 unspecified atom stereocenters. The standard InChI is InChI=1S/C23H13Br2FN2O5/c24-17-9-14(11-20-23(29)33-22(27-20)16-6-1-2-7-19(16)26)10-18(25)21(17)32-12-13-4-3-5-15(8-13)28(30)31/h1-11H,12H2/b20-11-. The maximum absolute atomic E-state index is 14.0. The molecule has 0 N–H and O–H groups in total. The molecule has 1 aliphatic rings. The van der Waals surface area contributed by atoms with Crippen LogP contribution < -0.4 is 4.74 Å². The zero-order valence-electron chi connectivity index (χ0n) is 16.6. The molecule has 4 rings (SSSR count). The Morgan fingerprint density at radius 2 is 1.82 bits per heavy atom. The summed E-state index contributed by atoms with van der Waals surface area (Å²) in [7, 11) is 0. The van der Waals surface area contributed by atoms with E-state index in [0.29, 0.717) is 25.8 Å². The number of nitrogens with zero attached hydrogens (tertiary/aromatic N) is 2. The number of carbonyl (C=O) groups excluding carboxylic acids is 1. The van der Waals surface area contributed by atoms with Crippen molar-refractivity contribution < 1.29 is 23.6 Å². The van der Waals surface area contributed by atoms with Crippen LogP contribution in [0.2, 0.25) is 0 Å². The van der Waals surface area contributed by atoms with Crippen LogP contribution in [0, 0.1) is 15.9 Å². The number of esters is 1. The van der Waals surface area contributed by atoms with Crippen molar-refractivity contribution in [1.82, 2.24) is 0 Å². The van der Waals surface area contributed by atoms with Gasteiger partial charge in [0.2, 0.25) is 5.90 Å². The normalized spacial score (nSPS) is 14.2. The van der Waals surface area contributed by atoms with Gasteiger partial charge < -0.3 is 9.47 Å². The molecule has 0 spiro atoms. The number of rotatable bonds is 6. The van der Waals surface area contributed by atoms with Gasteiger partial charge in [0.05, 0.1) is 19.4 Å². The quantitative estimate of drug-likeness (QED) is 0.151. The second-order valence-corrected chi connectivity index (χ2v) is 8.55. The van der Waals surface area contributed by atoms with Crippen molar-refractivity contribution in [2.45, 2.75) is 6.61 Å². The molecule has 3 aromatic carbocycles. The van der Waals surface area contributed by atoms with Crippen molar-refractivity contribution in [3.05, 3.63) is 108 Å². The lowest BCUT2D eigenvalue weighted by Crippen LogP contribution is -2.07. The molecule has 10 heteroatoms. The van der Waals surface area contributed by atoms with Crippen molar-refractivity contribution in [3.63, 3.8) is 0 Å². The first-order chi connectivity index (χ1) is 15.8. The predicted octanol–water partition coefficient (Wildman–Crippen LogP) is 6.18. The summed E-state index contributed by atoms with van der Waals surface area (Å²) in [6, 6.07) is 15.5. The highest BCUT2D eigenvalue weighted by molar-refractivity contribution is 9.11. The number of carbonyl (C=O) groups is 1. The van der Waals surface area contributed by atoms with E-state index in [2.05, 4.69) is 36.9 Å². The number of hydrogen-bond donors (Lipinski definition) is 0. The van der Waals surface area contributed by atoms with Gasteiger partial charge in [0.25, 0.3) is 5.69 Å². The number of benzene rings is 3. The van der Waals surface area contributed by atoms with Gasteiger partial charge in [-0.1, -0.05) is 24.3 Å². The van der Waals surface area contributed by atoms with Crippen molar-refractivity contribution >= 4 is 55.5 Å². The molecule has 166 valence electrons. The van der Waals surface area contributed by atoms with E-state index in [1.807, 2.05) is 0 Å². The molecule has 0 saturated heterocycles. The van der Waals surface area contributed by atoms with E-state index in [0.717, 1.165) is 0 Å². The Labute approximate surface area is 204 Å². The number of ether oxygens (including phenoxy) is 2. The van der Waals surface area contributed by atoms with Crippen LogP contribution in [0.3, 0.4) is 0 Å². The van der Waals surface area contributed by atoms with Gasteiger partial charge >= 0.3 is 5.97 Å². The maximum atomic E-state index is 14.0. The molecule has 33 heavy (non-hydrogen) atoms. The van der Waals surface area contributed by atoms with Crippen LogP contribution in [-0.4, -0.2) is 16.8 Å². The van der Waals surface area contributed by atoms with Crippen LogP contribution in [0.25, 0.3) is 6.08 Å². The van der Waals surface area contributed by atoms with Crippen molar-refractivity contribution in [1.29, 1.82) is 0 Å². The van der Waals surface area contributed by atoms with Gasteiger partial charge in [-0.15, -0.1) is 0 Å². The molecule has 0 fully saturated rings. The molecule has 0 aromatic heterocycles. The van der Waals surface area contributed by atoms with Crippen LogP contribution in [-0.2, 0) is 16.1 Å². The molecule has 7 nitrogen and oxygen atoms in total. The van der Waals surface area contributed by atoms with Crippen molar-refractivity contribution in [2.24, 2.45) is 4.99 Å². The van der Waals surface area contributed by atoms with Crippen LogP contribution >= 0.6 is 31.9 Å². The van der Waals surface area contributed by atoms with Gasteiger partial charge in [-0.3, -0.25) is 10.1 Å². The second kappa shape index (κ2) is 9.63. The minimum atomic E-state index is -0.688. The molecule has 0 aliphatic carbocycles. The molecule has 0 amide bonds. The summed E-state index contributed by atoms with van der Waals surface area (Å²) in [6.07, 6.45) is 1.51. The van der Waals surface area contributed by atoms with Crippen LogP contribution in [0.1, 0.15) is 16.7 Å². The summed E-state index contributed by atoms with van der Waals surface area (Å²) in [6.45, 7) is 0.113. The van der Waals surface area contributed by atoms with Crippen LogP contribution in [0.5, 0.6) is 5.75 Å². The number of non-ortho nitro benzene ring substituents is 1. The van der Waals surface area contributed by atoms with E-state index >= 15 is 0 Å². The Kier molecular flexibility index (Phi) is 6.66. The van der Waals surface area contributed by atoms with Crippen LogP contribution in [0.15, 0.2) is 80.3 Å². The molecule has 0 radical (unpaired) electrons. The van der Waals surface area contributed by atoms with E-state index in [9.17, 15) is 19.3 Å². The third kappa shape index (κ3) is 5.18. The largest absolute Gasteiger partial charge is 0.487 e. The number of nitro benzene ring substituents is 1. The number of aliphatic imine (C=N–C) groups is 1. The zero-order chi connectivity index (χ0) is 23.5. The third-order valence-corrected chi connectivity index (χ3v) is 5.73. The Hall–Kier alpha value is -3.37. The fraction of sp³-hybridized carbons (Fsp3) is 0.0435. The molecule has 1 heterocycles. The number of cyclic esters (lactones) is 1. The van der Waals surface area contributed by atoms with E-state index in [1.165, 1.54) is 36.4 Å². The van der Waals surface area contributed by atoms with Gasteiger partial charge in [-0.2, -0.15) is 0 Å². The lowest BCUT2D eigenvalue weighted by atomic mass is 10.2. The SMILES string of the molecule is O=C1OC(c2ccccc2F)=N/C1=C\c1cc(Br)c(OCc2cccc([N+](=O)[O-])c2)c(Br)c1. The Bertz CT molecular complexity index is 1320. The van der Waals surface area contributed by atoms with Gasteiger partial charge in [0.1, 0.15) is 18.2 Å². The van der Waals surface area contributed by atoms with Gasteiger partial charge in [-0.05, 0) is 73.3 Å². The predicted molar refractivity (Wildman–Crippen MR) is 126 cm³/mol. The highest BCUT2D eigenvalue weighted by atomic mass is 79.9. The Morgan fingerprint density at radius 1 is 1.09 bits per heavy atom. The highest BCUT2D eigenvalue weighted by Crippen LogP contribution is 2.36. The summed E-state index contributed by atoms with van der Waals surface area (Å²) in [5, 5.41) is 10.9. The number of nitro groups is 1. The fourth-order valence-corrected chi connectivity index (χ4v) is 4.48. The first kappa shape index (κ1) is 22.8. The monoisotopic (exact) mass is 574 g/mol. The first-order valence-corrected chi connectivity index (χ1v) is 11.0. The summed E-state index contributed by atoms with van der Waals surface area (Å²) < 4.78 is 26.1. The number of halogens is 3. The maximum Gasteiger partial charge on any atom is 0.363 e. The van der Waals surface area contributed by atoms with Crippen molar-refractivity contribution in [3.8, 4) is 5.75 Å². The van der Waals surface area contributed by atoms with Crippen LogP contribution in [0.4, 0.5) is 10.1 Å². The van der Waals surface area contributed by atoms with E-state index in [-0.39, 0.29) is 29.5 Å². The minimum absolute atomic E-state index is 0.0186. The van der Waals surface area contributed by atoms with Gasteiger partial charge in [-0.25, -0.2) is 14.2 Å². The summed E-state index contributed by atoms with van der Waals surface area (Å²) in [5.41, 5.74) is 1.36. The molecule has 0 bridgehead atoms. The fourth-order valence-electron chi connectivity index (χ4n) is 3.03. The van der Waals surface area contributed by atoms with E-state index < -0.39 is 16.7 Å². The smallest absolute Gasteiger partial charge is 0.363 e. The van der Waals surface area contributed by atoms with E-state index in [1.54, 1.807) is 30.3 Å². The molecular weight excluding hydrogens is 563 g/mol.